The van der Waals surface area contributed by atoms with Gasteiger partial charge in [0.2, 0.25) is 11.7 Å². The number of hydrogen-bond donors (Lipinski definition) is 0. The number of methoxy groups -OCH3 is 1. The molecule has 1 atom stereocenters. The second kappa shape index (κ2) is 12.5. The van der Waals surface area contributed by atoms with E-state index in [4.69, 9.17) is 18.6 Å². The van der Waals surface area contributed by atoms with Gasteiger partial charge in [-0.15, -0.1) is 0 Å². The first-order chi connectivity index (χ1) is 18.5. The minimum Gasteiger partial charge on any atom is -0.497 e. The first-order valence-electron chi connectivity index (χ1n) is 12.4. The van der Waals surface area contributed by atoms with E-state index in [0.717, 1.165) is 16.8 Å². The first-order valence-corrected chi connectivity index (χ1v) is 12.4. The molecule has 4 aromatic rings. The average molecular weight is 511 g/mol. The molecule has 7 heteroatoms. The van der Waals surface area contributed by atoms with Crippen LogP contribution in [-0.4, -0.2) is 36.2 Å². The first kappa shape index (κ1) is 26.4. The summed E-state index contributed by atoms with van der Waals surface area (Å²) >= 11 is 0. The highest BCUT2D eigenvalue weighted by molar-refractivity contribution is 5.71. The lowest BCUT2D eigenvalue weighted by Crippen LogP contribution is -2.35. The van der Waals surface area contributed by atoms with Crippen molar-refractivity contribution in [2.24, 2.45) is 0 Å². The molecular weight excluding hydrogens is 480 g/mol. The van der Waals surface area contributed by atoms with E-state index in [0.29, 0.717) is 35.4 Å². The largest absolute Gasteiger partial charge is 0.497 e. The SMILES string of the molecule is CCN(C(=O)Oc1ccc(OC)cc1)C(C)c1ccc(OCC#Cc2oc(-c3ccccc3)nc2C)cc1. The van der Waals surface area contributed by atoms with Crippen LogP contribution < -0.4 is 14.2 Å². The molecule has 1 unspecified atom stereocenters. The highest BCUT2D eigenvalue weighted by atomic mass is 16.6. The maximum atomic E-state index is 12.8. The van der Waals surface area contributed by atoms with Gasteiger partial charge in [0, 0.05) is 12.1 Å². The van der Waals surface area contributed by atoms with Crippen LogP contribution in [0.2, 0.25) is 0 Å². The van der Waals surface area contributed by atoms with Crippen LogP contribution in [0.4, 0.5) is 4.79 Å². The smallest absolute Gasteiger partial charge is 0.415 e. The van der Waals surface area contributed by atoms with E-state index in [1.54, 1.807) is 36.3 Å². The second-order valence-electron chi connectivity index (χ2n) is 8.46. The predicted molar refractivity (Wildman–Crippen MR) is 145 cm³/mol. The normalized spacial score (nSPS) is 11.2. The molecule has 3 aromatic carbocycles. The zero-order valence-corrected chi connectivity index (χ0v) is 21.9. The molecule has 1 heterocycles. The Morgan fingerprint density at radius 1 is 0.974 bits per heavy atom. The topological polar surface area (TPSA) is 74.0 Å². The van der Waals surface area contributed by atoms with Gasteiger partial charge in [-0.2, -0.15) is 0 Å². The van der Waals surface area contributed by atoms with Crippen LogP contribution in [0.5, 0.6) is 17.2 Å². The predicted octanol–water partition coefficient (Wildman–Crippen LogP) is 6.67. The molecular formula is C31H30N2O5. The molecule has 0 aliphatic heterocycles. The second-order valence-corrected chi connectivity index (χ2v) is 8.46. The molecule has 0 bridgehead atoms. The molecule has 1 amide bonds. The van der Waals surface area contributed by atoms with Crippen LogP contribution in [0.25, 0.3) is 11.5 Å². The summed E-state index contributed by atoms with van der Waals surface area (Å²) in [6.45, 7) is 6.44. The van der Waals surface area contributed by atoms with Crippen LogP contribution in [0.3, 0.4) is 0 Å². The lowest BCUT2D eigenvalue weighted by Gasteiger charge is -2.27. The van der Waals surface area contributed by atoms with Crippen molar-refractivity contribution in [3.63, 3.8) is 0 Å². The summed E-state index contributed by atoms with van der Waals surface area (Å²) in [5.41, 5.74) is 2.60. The van der Waals surface area contributed by atoms with Crippen LogP contribution in [-0.2, 0) is 0 Å². The summed E-state index contributed by atoms with van der Waals surface area (Å²) in [4.78, 5) is 18.9. The maximum absolute atomic E-state index is 12.8. The fourth-order valence-corrected chi connectivity index (χ4v) is 3.84. The zero-order valence-electron chi connectivity index (χ0n) is 21.9. The van der Waals surface area contributed by atoms with Gasteiger partial charge in [0.25, 0.3) is 0 Å². The van der Waals surface area contributed by atoms with E-state index in [9.17, 15) is 4.79 Å². The van der Waals surface area contributed by atoms with E-state index < -0.39 is 6.09 Å². The number of carbonyl (C=O) groups excluding carboxylic acids is 1. The molecule has 4 rings (SSSR count). The van der Waals surface area contributed by atoms with E-state index in [1.807, 2.05) is 75.4 Å². The van der Waals surface area contributed by atoms with Crippen LogP contribution >= 0.6 is 0 Å². The van der Waals surface area contributed by atoms with E-state index in [-0.39, 0.29) is 12.6 Å². The van der Waals surface area contributed by atoms with Crippen molar-refractivity contribution < 1.29 is 23.4 Å². The molecule has 0 aliphatic rings. The summed E-state index contributed by atoms with van der Waals surface area (Å²) in [5.74, 6) is 8.89. The number of ether oxygens (including phenoxy) is 3. The third kappa shape index (κ3) is 6.54. The van der Waals surface area contributed by atoms with Crippen molar-refractivity contribution in [3.8, 4) is 40.5 Å². The number of oxazole rings is 1. The van der Waals surface area contributed by atoms with Gasteiger partial charge >= 0.3 is 6.09 Å². The third-order valence-electron chi connectivity index (χ3n) is 6.00. The van der Waals surface area contributed by atoms with Gasteiger partial charge in [-0.3, -0.25) is 0 Å². The number of rotatable bonds is 8. The standard InChI is InChI=1S/C31H30N2O5/c1-5-33(31(34)37-28-19-17-26(35-4)18-20-28)23(3)24-13-15-27(16-14-24)36-21-9-12-29-22(2)32-30(38-29)25-10-7-6-8-11-25/h6-8,10-11,13-20,23H,5,21H2,1-4H3. The Labute approximate surface area is 223 Å². The average Bonchev–Trinajstić information content (AvgIpc) is 3.33. The monoisotopic (exact) mass is 510 g/mol. The van der Waals surface area contributed by atoms with Crippen LogP contribution in [0.1, 0.15) is 36.9 Å². The van der Waals surface area contributed by atoms with Crippen molar-refractivity contribution in [1.82, 2.24) is 9.88 Å². The van der Waals surface area contributed by atoms with Gasteiger partial charge in [-0.1, -0.05) is 36.3 Å². The third-order valence-corrected chi connectivity index (χ3v) is 6.00. The molecule has 0 radical (unpaired) electrons. The Hall–Kier alpha value is -4.70. The Balaban J connectivity index is 1.33. The van der Waals surface area contributed by atoms with Crippen LogP contribution in [0.15, 0.2) is 83.3 Å². The van der Waals surface area contributed by atoms with E-state index >= 15 is 0 Å². The zero-order chi connectivity index (χ0) is 26.9. The van der Waals surface area contributed by atoms with Gasteiger partial charge in [0.15, 0.2) is 0 Å². The molecule has 1 aromatic heterocycles. The number of carbonyl (C=O) groups is 1. The number of nitrogens with zero attached hydrogens (tertiary/aromatic N) is 2. The summed E-state index contributed by atoms with van der Waals surface area (Å²) in [6, 6.07) is 24.0. The Bertz CT molecular complexity index is 1400. The fraction of sp³-hybridized carbons (Fsp3) is 0.226. The van der Waals surface area contributed by atoms with Gasteiger partial charge in [0.1, 0.15) is 23.9 Å². The number of aryl methyl sites for hydroxylation is 1. The van der Waals surface area contributed by atoms with Crippen molar-refractivity contribution >= 4 is 6.09 Å². The fourth-order valence-electron chi connectivity index (χ4n) is 3.84. The summed E-state index contributed by atoms with van der Waals surface area (Å²) in [7, 11) is 1.59. The highest BCUT2D eigenvalue weighted by Gasteiger charge is 2.22. The minimum absolute atomic E-state index is 0.187. The van der Waals surface area contributed by atoms with Crippen LogP contribution in [0, 0.1) is 18.8 Å². The minimum atomic E-state index is -0.418. The Morgan fingerprint density at radius 2 is 1.63 bits per heavy atom. The number of benzene rings is 3. The molecule has 0 fully saturated rings. The highest BCUT2D eigenvalue weighted by Crippen LogP contribution is 2.25. The quantitative estimate of drug-likeness (QED) is 0.247. The lowest BCUT2D eigenvalue weighted by atomic mass is 10.1. The Morgan fingerprint density at radius 3 is 2.29 bits per heavy atom. The summed E-state index contributed by atoms with van der Waals surface area (Å²) < 4.78 is 22.3. The molecule has 0 N–H and O–H groups in total. The van der Waals surface area contributed by atoms with E-state index in [1.165, 1.54) is 0 Å². The van der Waals surface area contributed by atoms with Crippen molar-refractivity contribution in [3.05, 3.63) is 95.9 Å². The van der Waals surface area contributed by atoms with E-state index in [2.05, 4.69) is 16.8 Å². The summed E-state index contributed by atoms with van der Waals surface area (Å²) in [6.07, 6.45) is -0.418. The van der Waals surface area contributed by atoms with Gasteiger partial charge in [-0.05, 0) is 80.8 Å². The molecule has 38 heavy (non-hydrogen) atoms. The van der Waals surface area contributed by atoms with Gasteiger partial charge < -0.3 is 23.5 Å². The van der Waals surface area contributed by atoms with Gasteiger partial charge in [-0.25, -0.2) is 9.78 Å². The molecule has 7 nitrogen and oxygen atoms in total. The molecule has 0 spiro atoms. The van der Waals surface area contributed by atoms with Crippen molar-refractivity contribution in [1.29, 1.82) is 0 Å². The van der Waals surface area contributed by atoms with Gasteiger partial charge in [0.05, 0.1) is 18.8 Å². The molecule has 0 saturated heterocycles. The number of hydrogen-bond acceptors (Lipinski definition) is 6. The number of aromatic nitrogens is 1. The van der Waals surface area contributed by atoms with Crippen molar-refractivity contribution in [2.45, 2.75) is 26.8 Å². The molecule has 0 saturated carbocycles. The summed E-state index contributed by atoms with van der Waals surface area (Å²) in [5, 5.41) is 0. The number of amides is 1. The Kier molecular flexibility index (Phi) is 8.68. The molecule has 0 aliphatic carbocycles. The molecule has 194 valence electrons. The van der Waals surface area contributed by atoms with Crippen molar-refractivity contribution in [2.75, 3.05) is 20.3 Å². The lowest BCUT2D eigenvalue weighted by molar-refractivity contribution is 0.138. The maximum Gasteiger partial charge on any atom is 0.415 e.